The van der Waals surface area contributed by atoms with Gasteiger partial charge in [0, 0.05) is 16.6 Å². The molecule has 4 aromatic rings. The van der Waals surface area contributed by atoms with E-state index in [1.807, 2.05) is 24.3 Å². The number of hydrogen-bond donors (Lipinski definition) is 3. The van der Waals surface area contributed by atoms with E-state index in [2.05, 4.69) is 25.5 Å². The van der Waals surface area contributed by atoms with Gasteiger partial charge in [-0.2, -0.15) is 0 Å². The summed E-state index contributed by atoms with van der Waals surface area (Å²) in [6, 6.07) is 13.8. The van der Waals surface area contributed by atoms with E-state index >= 15 is 0 Å². The van der Waals surface area contributed by atoms with Gasteiger partial charge in [-0.1, -0.05) is 36.0 Å². The molecule has 2 aromatic heterocycles. The van der Waals surface area contributed by atoms with Crippen molar-refractivity contribution in [2.45, 2.75) is 17.3 Å². The number of nitrogens with zero attached hydrogens (tertiary/aromatic N) is 3. The molecule has 1 amide bonds. The first kappa shape index (κ1) is 17.9. The minimum atomic E-state index is -1.05. The fourth-order valence-corrected chi connectivity index (χ4v) is 3.46. The van der Waals surface area contributed by atoms with Crippen molar-refractivity contribution in [3.8, 4) is 0 Å². The van der Waals surface area contributed by atoms with Gasteiger partial charge in [0.2, 0.25) is 11.1 Å². The summed E-state index contributed by atoms with van der Waals surface area (Å²) in [6.07, 6.45) is 0. The molecule has 1 atom stereocenters. The fraction of sp³-hybridized carbons (Fsp3) is 0.105. The molecule has 2 aromatic carbocycles. The zero-order valence-corrected chi connectivity index (χ0v) is 15.5. The number of rotatable bonds is 5. The van der Waals surface area contributed by atoms with Gasteiger partial charge in [0.1, 0.15) is 5.52 Å². The minimum Gasteiger partial charge on any atom is -0.478 e. The Morgan fingerprint density at radius 2 is 1.96 bits per heavy atom. The van der Waals surface area contributed by atoms with Gasteiger partial charge in [-0.3, -0.25) is 4.79 Å². The third kappa shape index (κ3) is 3.52. The number of H-pyrrole nitrogens is 1. The fourth-order valence-electron chi connectivity index (χ4n) is 2.74. The molecule has 1 unspecified atom stereocenters. The second kappa shape index (κ2) is 7.28. The highest BCUT2D eigenvalue weighted by Crippen LogP contribution is 2.25. The molecule has 0 aliphatic carbocycles. The third-order valence-electron chi connectivity index (χ3n) is 4.13. The first-order valence-electron chi connectivity index (χ1n) is 8.43. The molecule has 9 heteroatoms. The highest BCUT2D eigenvalue weighted by Gasteiger charge is 2.18. The molecule has 0 radical (unpaired) electrons. The topological polar surface area (TPSA) is 121 Å². The van der Waals surface area contributed by atoms with Crippen LogP contribution in [0.15, 0.2) is 53.7 Å². The van der Waals surface area contributed by atoms with Crippen molar-refractivity contribution < 1.29 is 14.7 Å². The van der Waals surface area contributed by atoms with Gasteiger partial charge >= 0.3 is 5.97 Å². The maximum absolute atomic E-state index is 12.4. The maximum atomic E-state index is 12.4. The lowest BCUT2D eigenvalue weighted by Crippen LogP contribution is -2.22. The van der Waals surface area contributed by atoms with Crippen LogP contribution >= 0.6 is 11.8 Å². The summed E-state index contributed by atoms with van der Waals surface area (Å²) in [5, 5.41) is 20.9. The van der Waals surface area contributed by atoms with Crippen LogP contribution in [0.2, 0.25) is 0 Å². The molecule has 0 bridgehead atoms. The van der Waals surface area contributed by atoms with Crippen LogP contribution < -0.4 is 5.32 Å². The molecule has 8 nitrogen and oxygen atoms in total. The molecular weight excluding hydrogens is 378 g/mol. The summed E-state index contributed by atoms with van der Waals surface area (Å²) in [6.45, 7) is 1.72. The Kier molecular flexibility index (Phi) is 4.66. The Labute approximate surface area is 163 Å². The Morgan fingerprint density at radius 1 is 1.14 bits per heavy atom. The number of nitrogens with one attached hydrogen (secondary N) is 2. The summed E-state index contributed by atoms with van der Waals surface area (Å²) < 4.78 is 0. The van der Waals surface area contributed by atoms with Gasteiger partial charge in [-0.05, 0) is 31.2 Å². The number of carbonyl (C=O) groups is 2. The molecule has 0 aliphatic heterocycles. The van der Waals surface area contributed by atoms with Crippen LogP contribution in [0.4, 0.5) is 5.69 Å². The number of carboxylic acids is 1. The van der Waals surface area contributed by atoms with Gasteiger partial charge in [0.15, 0.2) is 5.65 Å². The van der Waals surface area contributed by atoms with E-state index in [0.29, 0.717) is 22.0 Å². The van der Waals surface area contributed by atoms with Gasteiger partial charge in [-0.15, -0.1) is 10.2 Å². The Morgan fingerprint density at radius 3 is 2.79 bits per heavy atom. The van der Waals surface area contributed by atoms with Crippen LogP contribution in [0.5, 0.6) is 0 Å². The second-order valence-corrected chi connectivity index (χ2v) is 7.41. The number of amides is 1. The molecule has 0 saturated carbocycles. The van der Waals surface area contributed by atoms with Crippen molar-refractivity contribution >= 4 is 51.4 Å². The van der Waals surface area contributed by atoms with Crippen molar-refractivity contribution in [2.75, 3.05) is 5.32 Å². The Bertz CT molecular complexity index is 1210. The average Bonchev–Trinajstić information content (AvgIpc) is 3.05. The molecule has 0 saturated heterocycles. The van der Waals surface area contributed by atoms with Crippen LogP contribution in [0.25, 0.3) is 22.1 Å². The predicted molar refractivity (Wildman–Crippen MR) is 107 cm³/mol. The number of benzene rings is 2. The van der Waals surface area contributed by atoms with Crippen LogP contribution in [-0.2, 0) is 4.79 Å². The lowest BCUT2D eigenvalue weighted by atomic mass is 10.2. The molecule has 3 N–H and O–H groups in total. The Balaban J connectivity index is 1.50. The highest BCUT2D eigenvalue weighted by molar-refractivity contribution is 8.00. The van der Waals surface area contributed by atoms with Gasteiger partial charge in [0.05, 0.1) is 10.8 Å². The van der Waals surface area contributed by atoms with Crippen LogP contribution in [0.3, 0.4) is 0 Å². The van der Waals surface area contributed by atoms with E-state index in [4.69, 9.17) is 5.11 Å². The molecule has 28 heavy (non-hydrogen) atoms. The van der Waals surface area contributed by atoms with Crippen molar-refractivity contribution in [1.29, 1.82) is 0 Å². The van der Waals surface area contributed by atoms with E-state index in [9.17, 15) is 9.59 Å². The molecule has 4 rings (SSSR count). The average molecular weight is 393 g/mol. The van der Waals surface area contributed by atoms with Crippen molar-refractivity contribution in [2.24, 2.45) is 0 Å². The number of para-hydroxylation sites is 1. The quantitative estimate of drug-likeness (QED) is 0.445. The molecule has 0 fully saturated rings. The summed E-state index contributed by atoms with van der Waals surface area (Å²) in [5.41, 5.74) is 2.74. The third-order valence-corrected chi connectivity index (χ3v) is 5.08. The molecule has 2 heterocycles. The van der Waals surface area contributed by atoms with Crippen molar-refractivity contribution in [1.82, 2.24) is 20.2 Å². The molecular formula is C19H15N5O3S. The van der Waals surface area contributed by atoms with Crippen LogP contribution in [-0.4, -0.2) is 42.4 Å². The van der Waals surface area contributed by atoms with Crippen molar-refractivity contribution in [3.63, 3.8) is 0 Å². The number of thioether (sulfide) groups is 1. The lowest BCUT2D eigenvalue weighted by Gasteiger charge is -2.11. The lowest BCUT2D eigenvalue weighted by molar-refractivity contribution is -0.115. The van der Waals surface area contributed by atoms with Gasteiger partial charge in [-0.25, -0.2) is 9.78 Å². The number of anilines is 1. The zero-order valence-electron chi connectivity index (χ0n) is 14.7. The highest BCUT2D eigenvalue weighted by atomic mass is 32.2. The number of hydrogen-bond acceptors (Lipinski definition) is 6. The van der Waals surface area contributed by atoms with E-state index in [-0.39, 0.29) is 11.5 Å². The van der Waals surface area contributed by atoms with Crippen LogP contribution in [0, 0.1) is 0 Å². The van der Waals surface area contributed by atoms with E-state index in [1.54, 1.807) is 19.1 Å². The normalized spacial score (nSPS) is 12.2. The standard InChI is InChI=1S/C19H15N5O3S/c1-10(17(25)20-12-6-4-5-11(9-12)18(26)27)28-19-22-16-15(23-24-19)13-7-2-3-8-14(13)21-16/h2-10H,1H3,(H,20,25)(H,26,27)(H,21,22,24). The SMILES string of the molecule is CC(Sc1nnc2c(n1)[nH]c1ccccc12)C(=O)Nc1cccc(C(=O)O)c1. The molecule has 140 valence electrons. The summed E-state index contributed by atoms with van der Waals surface area (Å²) in [4.78, 5) is 31.1. The first-order valence-corrected chi connectivity index (χ1v) is 9.31. The summed E-state index contributed by atoms with van der Waals surface area (Å²) in [5.74, 6) is -1.34. The number of aromatic amines is 1. The number of aromatic nitrogens is 4. The predicted octanol–water partition coefficient (Wildman–Crippen LogP) is 3.32. The summed E-state index contributed by atoms with van der Waals surface area (Å²) in [7, 11) is 0. The number of fused-ring (bicyclic) bond motifs is 3. The smallest absolute Gasteiger partial charge is 0.335 e. The molecule has 0 aliphatic rings. The largest absolute Gasteiger partial charge is 0.478 e. The first-order chi connectivity index (χ1) is 13.5. The Hall–Kier alpha value is -3.46. The number of aromatic carboxylic acids is 1. The number of carbonyl (C=O) groups excluding carboxylic acids is 1. The maximum Gasteiger partial charge on any atom is 0.335 e. The van der Waals surface area contributed by atoms with Crippen molar-refractivity contribution in [3.05, 3.63) is 54.1 Å². The number of carboxylic acid groups (broad SMARTS) is 1. The van der Waals surface area contributed by atoms with Gasteiger partial charge in [0.25, 0.3) is 0 Å². The van der Waals surface area contributed by atoms with Crippen LogP contribution in [0.1, 0.15) is 17.3 Å². The van der Waals surface area contributed by atoms with E-state index in [1.165, 1.54) is 23.9 Å². The van der Waals surface area contributed by atoms with E-state index in [0.717, 1.165) is 10.9 Å². The monoisotopic (exact) mass is 393 g/mol. The van der Waals surface area contributed by atoms with Gasteiger partial charge < -0.3 is 15.4 Å². The van der Waals surface area contributed by atoms with E-state index < -0.39 is 11.2 Å². The minimum absolute atomic E-state index is 0.106. The zero-order chi connectivity index (χ0) is 19.7. The second-order valence-electron chi connectivity index (χ2n) is 6.10. The molecule has 0 spiro atoms. The summed E-state index contributed by atoms with van der Waals surface area (Å²) >= 11 is 1.17.